The molecule has 2 N–H and O–H groups in total. The van der Waals surface area contributed by atoms with Gasteiger partial charge in [0.1, 0.15) is 0 Å². The Kier molecular flexibility index (Phi) is 6.39. The van der Waals surface area contributed by atoms with E-state index >= 15 is 0 Å². The first-order valence-electron chi connectivity index (χ1n) is 6.17. The molecule has 0 aliphatic heterocycles. The second kappa shape index (κ2) is 7.30. The lowest BCUT2D eigenvalue weighted by Crippen LogP contribution is -2.23. The van der Waals surface area contributed by atoms with Crippen LogP contribution < -0.4 is 5.73 Å². The van der Waals surface area contributed by atoms with E-state index in [-0.39, 0.29) is 6.04 Å². The lowest BCUT2D eigenvalue weighted by molar-refractivity contribution is 0.631. The molecule has 0 radical (unpaired) electrons. The average molecular weight is 272 g/mol. The Morgan fingerprint density at radius 3 is 2.29 bits per heavy atom. The molecule has 0 aromatic heterocycles. The Hall–Kier alpha value is -0.180. The summed E-state index contributed by atoms with van der Waals surface area (Å²) in [6, 6.07) is 8.21. The first-order valence-corrected chi connectivity index (χ1v) is 7.60. The third-order valence-electron chi connectivity index (χ3n) is 2.93. The topological polar surface area (TPSA) is 26.0 Å². The quantitative estimate of drug-likeness (QED) is 0.824. The molecule has 1 rings (SSSR count). The highest BCUT2D eigenvalue weighted by Crippen LogP contribution is 2.33. The van der Waals surface area contributed by atoms with E-state index in [4.69, 9.17) is 17.3 Å². The lowest BCUT2D eigenvalue weighted by atomic mass is 10.1. The second-order valence-corrected chi connectivity index (χ2v) is 6.29. The van der Waals surface area contributed by atoms with Crippen LogP contribution in [0.15, 0.2) is 24.3 Å². The van der Waals surface area contributed by atoms with Crippen molar-refractivity contribution < 1.29 is 0 Å². The fraction of sp³-hybridized carbons (Fsp3) is 0.571. The fourth-order valence-electron chi connectivity index (χ4n) is 1.59. The molecule has 0 amide bonds. The molecule has 17 heavy (non-hydrogen) atoms. The molecule has 0 aliphatic carbocycles. The van der Waals surface area contributed by atoms with Gasteiger partial charge in [0.25, 0.3) is 0 Å². The fourth-order valence-corrected chi connectivity index (χ4v) is 3.14. The van der Waals surface area contributed by atoms with Crippen LogP contribution in [0.1, 0.15) is 38.0 Å². The summed E-state index contributed by atoms with van der Waals surface area (Å²) < 4.78 is 0. The Morgan fingerprint density at radius 1 is 1.24 bits per heavy atom. The summed E-state index contributed by atoms with van der Waals surface area (Å²) in [5, 5.41) is 1.14. The third kappa shape index (κ3) is 4.90. The molecule has 0 heterocycles. The molecule has 3 atom stereocenters. The highest BCUT2D eigenvalue weighted by atomic mass is 35.5. The molecule has 0 saturated carbocycles. The minimum atomic E-state index is 0.158. The Morgan fingerprint density at radius 2 is 1.82 bits per heavy atom. The largest absolute Gasteiger partial charge is 0.327 e. The van der Waals surface area contributed by atoms with Crippen molar-refractivity contribution in [2.45, 2.75) is 38.5 Å². The van der Waals surface area contributed by atoms with Crippen molar-refractivity contribution in [1.29, 1.82) is 0 Å². The maximum absolute atomic E-state index is 6.08. The van der Waals surface area contributed by atoms with E-state index in [0.717, 1.165) is 16.7 Å². The first-order chi connectivity index (χ1) is 8.04. The summed E-state index contributed by atoms with van der Waals surface area (Å²) in [4.78, 5) is 0. The lowest BCUT2D eigenvalue weighted by Gasteiger charge is -2.22. The second-order valence-electron chi connectivity index (χ2n) is 4.68. The van der Waals surface area contributed by atoms with E-state index in [1.165, 1.54) is 12.0 Å². The Labute approximate surface area is 114 Å². The molecule has 96 valence electrons. The van der Waals surface area contributed by atoms with Gasteiger partial charge in [0.05, 0.1) is 0 Å². The SMILES string of the molecule is CCC(C)CSC(c1ccc(Cl)cc1)C(C)N. The van der Waals surface area contributed by atoms with Gasteiger partial charge < -0.3 is 5.73 Å². The van der Waals surface area contributed by atoms with Gasteiger partial charge >= 0.3 is 0 Å². The highest BCUT2D eigenvalue weighted by molar-refractivity contribution is 7.99. The number of halogens is 1. The molecule has 0 spiro atoms. The monoisotopic (exact) mass is 271 g/mol. The van der Waals surface area contributed by atoms with Gasteiger partial charge in [-0.3, -0.25) is 0 Å². The number of hydrogen-bond donors (Lipinski definition) is 1. The van der Waals surface area contributed by atoms with Crippen molar-refractivity contribution in [3.63, 3.8) is 0 Å². The van der Waals surface area contributed by atoms with Gasteiger partial charge in [0, 0.05) is 16.3 Å². The molecule has 3 heteroatoms. The molecule has 1 nitrogen and oxygen atoms in total. The average Bonchev–Trinajstić information content (AvgIpc) is 2.31. The summed E-state index contributed by atoms with van der Waals surface area (Å²) in [6.07, 6.45) is 1.22. The van der Waals surface area contributed by atoms with Gasteiger partial charge in [0.2, 0.25) is 0 Å². The van der Waals surface area contributed by atoms with Crippen LogP contribution in [-0.4, -0.2) is 11.8 Å². The van der Waals surface area contributed by atoms with Crippen molar-refractivity contribution in [1.82, 2.24) is 0 Å². The molecule has 0 bridgehead atoms. The number of hydrogen-bond acceptors (Lipinski definition) is 2. The van der Waals surface area contributed by atoms with Crippen molar-refractivity contribution in [2.24, 2.45) is 11.7 Å². The summed E-state index contributed by atoms with van der Waals surface area (Å²) in [7, 11) is 0. The zero-order chi connectivity index (χ0) is 12.8. The van der Waals surface area contributed by atoms with Crippen LogP contribution in [0.25, 0.3) is 0 Å². The van der Waals surface area contributed by atoms with E-state index in [1.54, 1.807) is 0 Å². The van der Waals surface area contributed by atoms with Gasteiger partial charge in [-0.05, 0) is 36.3 Å². The maximum atomic E-state index is 6.08. The molecule has 3 unspecified atom stereocenters. The van der Waals surface area contributed by atoms with E-state index in [0.29, 0.717) is 5.25 Å². The smallest absolute Gasteiger partial charge is 0.0445 e. The Bertz CT molecular complexity index is 323. The standard InChI is InChI=1S/C14H22ClNS/c1-4-10(2)9-17-14(11(3)16)12-5-7-13(15)8-6-12/h5-8,10-11,14H,4,9,16H2,1-3H3. The Balaban J connectivity index is 2.69. The summed E-state index contributed by atoms with van der Waals surface area (Å²) in [5.74, 6) is 1.90. The van der Waals surface area contributed by atoms with Crippen molar-refractivity contribution in [2.75, 3.05) is 5.75 Å². The van der Waals surface area contributed by atoms with Gasteiger partial charge in [-0.1, -0.05) is 44.0 Å². The molecule has 1 aromatic rings. The number of rotatable bonds is 6. The van der Waals surface area contributed by atoms with Gasteiger partial charge in [0.15, 0.2) is 0 Å². The van der Waals surface area contributed by atoms with E-state index in [9.17, 15) is 0 Å². The maximum Gasteiger partial charge on any atom is 0.0445 e. The van der Waals surface area contributed by atoms with Crippen molar-refractivity contribution in [3.8, 4) is 0 Å². The van der Waals surface area contributed by atoms with Gasteiger partial charge in [-0.15, -0.1) is 0 Å². The van der Waals surface area contributed by atoms with E-state index in [2.05, 4.69) is 32.9 Å². The van der Waals surface area contributed by atoms with Crippen LogP contribution in [0, 0.1) is 5.92 Å². The van der Waals surface area contributed by atoms with Crippen LogP contribution in [0.2, 0.25) is 5.02 Å². The third-order valence-corrected chi connectivity index (χ3v) is 5.01. The molecular formula is C14H22ClNS. The zero-order valence-corrected chi connectivity index (χ0v) is 12.4. The summed E-state index contributed by atoms with van der Waals surface area (Å²) in [5.41, 5.74) is 7.36. The van der Waals surface area contributed by atoms with Gasteiger partial charge in [-0.2, -0.15) is 11.8 Å². The molecule has 0 aliphatic rings. The van der Waals surface area contributed by atoms with Gasteiger partial charge in [-0.25, -0.2) is 0 Å². The van der Waals surface area contributed by atoms with E-state index in [1.807, 2.05) is 23.9 Å². The van der Waals surface area contributed by atoms with Crippen molar-refractivity contribution in [3.05, 3.63) is 34.9 Å². The summed E-state index contributed by atoms with van der Waals surface area (Å²) in [6.45, 7) is 6.59. The summed E-state index contributed by atoms with van der Waals surface area (Å²) >= 11 is 7.86. The normalized spacial score (nSPS) is 16.5. The highest BCUT2D eigenvalue weighted by Gasteiger charge is 2.17. The molecule has 0 fully saturated rings. The number of benzene rings is 1. The van der Waals surface area contributed by atoms with Crippen LogP contribution in [0.4, 0.5) is 0 Å². The van der Waals surface area contributed by atoms with Crippen LogP contribution in [-0.2, 0) is 0 Å². The minimum Gasteiger partial charge on any atom is -0.327 e. The van der Waals surface area contributed by atoms with Crippen LogP contribution in [0.3, 0.4) is 0 Å². The zero-order valence-electron chi connectivity index (χ0n) is 10.8. The minimum absolute atomic E-state index is 0.158. The predicted octanol–water partition coefficient (Wildman–Crippen LogP) is 4.51. The molecule has 1 aromatic carbocycles. The predicted molar refractivity (Wildman–Crippen MR) is 79.8 cm³/mol. The van der Waals surface area contributed by atoms with Crippen molar-refractivity contribution >= 4 is 23.4 Å². The molecular weight excluding hydrogens is 250 g/mol. The molecule has 0 saturated heterocycles. The van der Waals surface area contributed by atoms with Crippen LogP contribution in [0.5, 0.6) is 0 Å². The van der Waals surface area contributed by atoms with E-state index < -0.39 is 0 Å². The first kappa shape index (κ1) is 14.9. The number of thioether (sulfide) groups is 1. The number of nitrogens with two attached hydrogens (primary N) is 1. The van der Waals surface area contributed by atoms with Crippen LogP contribution >= 0.6 is 23.4 Å².